The minimum atomic E-state index is -0.310. The molecule has 1 heterocycles. The van der Waals surface area contributed by atoms with Crippen LogP contribution in [0.15, 0.2) is 30.5 Å². The summed E-state index contributed by atoms with van der Waals surface area (Å²) in [7, 11) is 0. The fraction of sp³-hybridized carbons (Fsp3) is 0.0909. The summed E-state index contributed by atoms with van der Waals surface area (Å²) in [6.07, 6.45) is 2.35. The molecule has 0 saturated carbocycles. The third kappa shape index (κ3) is 1.66. The van der Waals surface area contributed by atoms with Gasteiger partial charge in [-0.1, -0.05) is 0 Å². The molecule has 0 amide bonds. The monoisotopic (exact) mass is 204 g/mol. The molecule has 0 bridgehead atoms. The van der Waals surface area contributed by atoms with Gasteiger partial charge < -0.3 is 0 Å². The number of benzene rings is 1. The molecule has 0 fully saturated rings. The second kappa shape index (κ2) is 3.65. The molecule has 0 aliphatic heterocycles. The third-order valence-corrected chi connectivity index (χ3v) is 2.18. The standard InChI is InChI=1S/C11H9FN2O/c1-8-6-13-14(11(8)7-15)10-4-2-9(12)3-5-10/h2-7H,1H3. The molecule has 2 aromatic rings. The zero-order chi connectivity index (χ0) is 10.8. The number of nitrogens with zero attached hydrogens (tertiary/aromatic N) is 2. The first kappa shape index (κ1) is 9.58. The molecule has 0 spiro atoms. The number of aldehydes is 1. The number of carbonyl (C=O) groups excluding carboxylic acids is 1. The molecule has 0 atom stereocenters. The van der Waals surface area contributed by atoms with Gasteiger partial charge in [-0.3, -0.25) is 4.79 Å². The van der Waals surface area contributed by atoms with Crippen molar-refractivity contribution in [1.29, 1.82) is 0 Å². The van der Waals surface area contributed by atoms with Crippen molar-refractivity contribution in [2.24, 2.45) is 0 Å². The highest BCUT2D eigenvalue weighted by Gasteiger charge is 2.07. The number of aryl methyl sites for hydroxylation is 1. The van der Waals surface area contributed by atoms with E-state index in [-0.39, 0.29) is 5.82 Å². The van der Waals surface area contributed by atoms with Gasteiger partial charge in [0.15, 0.2) is 6.29 Å². The van der Waals surface area contributed by atoms with Crippen molar-refractivity contribution in [3.63, 3.8) is 0 Å². The van der Waals surface area contributed by atoms with Crippen LogP contribution in [0.1, 0.15) is 16.1 Å². The minimum Gasteiger partial charge on any atom is -0.296 e. The van der Waals surface area contributed by atoms with Gasteiger partial charge in [0.2, 0.25) is 0 Å². The molecule has 0 unspecified atom stereocenters. The highest BCUT2D eigenvalue weighted by atomic mass is 19.1. The van der Waals surface area contributed by atoms with Crippen LogP contribution in [-0.2, 0) is 0 Å². The van der Waals surface area contributed by atoms with E-state index in [1.165, 1.54) is 16.8 Å². The molecule has 0 radical (unpaired) electrons. The third-order valence-electron chi connectivity index (χ3n) is 2.18. The summed E-state index contributed by atoms with van der Waals surface area (Å²) in [4.78, 5) is 10.8. The lowest BCUT2D eigenvalue weighted by Gasteiger charge is -2.03. The van der Waals surface area contributed by atoms with E-state index in [0.29, 0.717) is 11.4 Å². The van der Waals surface area contributed by atoms with Gasteiger partial charge in [0.1, 0.15) is 11.5 Å². The average Bonchev–Trinajstić information content (AvgIpc) is 2.61. The van der Waals surface area contributed by atoms with Crippen LogP contribution < -0.4 is 0 Å². The Kier molecular flexibility index (Phi) is 2.33. The van der Waals surface area contributed by atoms with Crippen LogP contribution in [-0.4, -0.2) is 16.1 Å². The van der Waals surface area contributed by atoms with Gasteiger partial charge >= 0.3 is 0 Å². The van der Waals surface area contributed by atoms with Gasteiger partial charge in [0.05, 0.1) is 11.9 Å². The van der Waals surface area contributed by atoms with Gasteiger partial charge in [-0.2, -0.15) is 5.10 Å². The van der Waals surface area contributed by atoms with Crippen LogP contribution in [0.25, 0.3) is 5.69 Å². The summed E-state index contributed by atoms with van der Waals surface area (Å²) in [6.45, 7) is 1.80. The van der Waals surface area contributed by atoms with E-state index in [1.807, 2.05) is 0 Å². The molecule has 3 nitrogen and oxygen atoms in total. The Morgan fingerprint density at radius 3 is 2.60 bits per heavy atom. The molecule has 15 heavy (non-hydrogen) atoms. The maximum atomic E-state index is 12.7. The lowest BCUT2D eigenvalue weighted by molar-refractivity contribution is 0.111. The molecule has 76 valence electrons. The summed E-state index contributed by atoms with van der Waals surface area (Å²) in [5.74, 6) is -0.310. The van der Waals surface area contributed by atoms with Crippen molar-refractivity contribution in [3.8, 4) is 5.69 Å². The maximum Gasteiger partial charge on any atom is 0.168 e. The van der Waals surface area contributed by atoms with Crippen molar-refractivity contribution in [2.45, 2.75) is 6.92 Å². The van der Waals surface area contributed by atoms with Gasteiger partial charge in [0, 0.05) is 0 Å². The van der Waals surface area contributed by atoms with Crippen LogP contribution in [0, 0.1) is 12.7 Å². The molecule has 0 saturated heterocycles. The molecule has 0 aliphatic carbocycles. The van der Waals surface area contributed by atoms with E-state index in [0.717, 1.165) is 11.8 Å². The van der Waals surface area contributed by atoms with E-state index in [9.17, 15) is 9.18 Å². The lowest BCUT2D eigenvalue weighted by atomic mass is 10.2. The summed E-state index contributed by atoms with van der Waals surface area (Å²) >= 11 is 0. The molecule has 4 heteroatoms. The fourth-order valence-electron chi connectivity index (χ4n) is 1.37. The first-order valence-electron chi connectivity index (χ1n) is 4.48. The van der Waals surface area contributed by atoms with Gasteiger partial charge in [-0.25, -0.2) is 9.07 Å². The second-order valence-corrected chi connectivity index (χ2v) is 3.22. The van der Waals surface area contributed by atoms with Crippen molar-refractivity contribution < 1.29 is 9.18 Å². The average molecular weight is 204 g/mol. The fourth-order valence-corrected chi connectivity index (χ4v) is 1.37. The molecule has 1 aromatic carbocycles. The molecule has 0 N–H and O–H groups in total. The van der Waals surface area contributed by atoms with Gasteiger partial charge in [0.25, 0.3) is 0 Å². The highest BCUT2D eigenvalue weighted by Crippen LogP contribution is 2.12. The van der Waals surface area contributed by atoms with Crippen molar-refractivity contribution >= 4 is 6.29 Å². The molecule has 1 aromatic heterocycles. The zero-order valence-corrected chi connectivity index (χ0v) is 8.14. The Labute approximate surface area is 86.2 Å². The van der Waals surface area contributed by atoms with Crippen LogP contribution in [0.4, 0.5) is 4.39 Å². The minimum absolute atomic E-state index is 0.310. The SMILES string of the molecule is Cc1cnn(-c2ccc(F)cc2)c1C=O. The Hall–Kier alpha value is -1.97. The van der Waals surface area contributed by atoms with Crippen molar-refractivity contribution in [2.75, 3.05) is 0 Å². The van der Waals surface area contributed by atoms with Crippen molar-refractivity contribution in [1.82, 2.24) is 9.78 Å². The van der Waals surface area contributed by atoms with E-state index in [4.69, 9.17) is 0 Å². The van der Waals surface area contributed by atoms with Crippen LogP contribution >= 0.6 is 0 Å². The lowest BCUT2D eigenvalue weighted by Crippen LogP contribution is -2.01. The maximum absolute atomic E-state index is 12.7. The Balaban J connectivity index is 2.53. The Morgan fingerprint density at radius 1 is 1.33 bits per heavy atom. The summed E-state index contributed by atoms with van der Waals surface area (Å²) < 4.78 is 14.2. The zero-order valence-electron chi connectivity index (χ0n) is 8.14. The number of aromatic nitrogens is 2. The number of halogens is 1. The van der Waals surface area contributed by atoms with Gasteiger partial charge in [-0.15, -0.1) is 0 Å². The predicted molar refractivity (Wildman–Crippen MR) is 53.6 cm³/mol. The van der Waals surface area contributed by atoms with E-state index in [1.54, 1.807) is 25.3 Å². The molecule has 0 aliphatic rings. The summed E-state index contributed by atoms with van der Waals surface area (Å²) in [5.41, 5.74) is 1.96. The first-order chi connectivity index (χ1) is 7.22. The van der Waals surface area contributed by atoms with Gasteiger partial charge in [-0.05, 0) is 36.8 Å². The summed E-state index contributed by atoms with van der Waals surface area (Å²) in [5, 5.41) is 4.05. The quantitative estimate of drug-likeness (QED) is 0.702. The highest BCUT2D eigenvalue weighted by molar-refractivity contribution is 5.75. The summed E-state index contributed by atoms with van der Waals surface area (Å²) in [6, 6.07) is 5.82. The largest absolute Gasteiger partial charge is 0.296 e. The van der Waals surface area contributed by atoms with Crippen LogP contribution in [0.5, 0.6) is 0 Å². The number of hydrogen-bond acceptors (Lipinski definition) is 2. The van der Waals surface area contributed by atoms with E-state index < -0.39 is 0 Å². The van der Waals surface area contributed by atoms with E-state index in [2.05, 4.69) is 5.10 Å². The van der Waals surface area contributed by atoms with Crippen LogP contribution in [0.3, 0.4) is 0 Å². The second-order valence-electron chi connectivity index (χ2n) is 3.22. The first-order valence-corrected chi connectivity index (χ1v) is 4.48. The van der Waals surface area contributed by atoms with Crippen LogP contribution in [0.2, 0.25) is 0 Å². The Morgan fingerprint density at radius 2 is 2.00 bits per heavy atom. The number of rotatable bonds is 2. The Bertz CT molecular complexity index is 488. The molecule has 2 rings (SSSR count). The van der Waals surface area contributed by atoms with E-state index >= 15 is 0 Å². The van der Waals surface area contributed by atoms with Crippen molar-refractivity contribution in [3.05, 3.63) is 47.5 Å². The molecular weight excluding hydrogens is 195 g/mol. The number of carbonyl (C=O) groups is 1. The topological polar surface area (TPSA) is 34.9 Å². The molecular formula is C11H9FN2O. The normalized spacial score (nSPS) is 10.3. The predicted octanol–water partition coefficient (Wildman–Crippen LogP) is 2.13. The smallest absolute Gasteiger partial charge is 0.168 e. The number of hydrogen-bond donors (Lipinski definition) is 0.